The largest absolute Gasteiger partial charge is 0.480 e. The van der Waals surface area contributed by atoms with Gasteiger partial charge in [0.1, 0.15) is 6.54 Å². The number of halogens is 1. The van der Waals surface area contributed by atoms with Gasteiger partial charge in [0.15, 0.2) is 0 Å². The zero-order chi connectivity index (χ0) is 15.1. The Labute approximate surface area is 124 Å². The third kappa shape index (κ3) is 6.06. The van der Waals surface area contributed by atoms with Crippen LogP contribution in [0.25, 0.3) is 0 Å². The molecule has 1 N–H and O–H groups in total. The van der Waals surface area contributed by atoms with Crippen molar-refractivity contribution in [3.63, 3.8) is 0 Å². The number of amides is 1. The highest BCUT2D eigenvalue weighted by Gasteiger charge is 2.17. The van der Waals surface area contributed by atoms with Crippen molar-refractivity contribution in [2.75, 3.05) is 6.54 Å². The van der Waals surface area contributed by atoms with E-state index < -0.39 is 5.97 Å². The van der Waals surface area contributed by atoms with Crippen LogP contribution in [0.5, 0.6) is 0 Å². The summed E-state index contributed by atoms with van der Waals surface area (Å²) < 4.78 is 0. The first-order valence-electron chi connectivity index (χ1n) is 6.62. The fraction of sp³-hybridized carbons (Fsp3) is 0.467. The second-order valence-corrected chi connectivity index (χ2v) is 5.64. The normalized spacial score (nSPS) is 10.6. The summed E-state index contributed by atoms with van der Waals surface area (Å²) >= 11 is 5.80. The van der Waals surface area contributed by atoms with Gasteiger partial charge in [-0.05, 0) is 30.0 Å². The zero-order valence-corrected chi connectivity index (χ0v) is 12.6. The van der Waals surface area contributed by atoms with E-state index >= 15 is 0 Å². The third-order valence-electron chi connectivity index (χ3n) is 2.90. The predicted octanol–water partition coefficient (Wildman–Crippen LogP) is 3.19. The lowest BCUT2D eigenvalue weighted by atomic mass is 10.1. The number of carbonyl (C=O) groups excluding carboxylic acids is 1. The first-order chi connectivity index (χ1) is 9.38. The van der Waals surface area contributed by atoms with E-state index in [9.17, 15) is 9.59 Å². The summed E-state index contributed by atoms with van der Waals surface area (Å²) in [6.07, 6.45) is 1.13. The second kappa shape index (κ2) is 7.90. The van der Waals surface area contributed by atoms with Gasteiger partial charge in [-0.3, -0.25) is 9.59 Å². The molecule has 0 aliphatic carbocycles. The van der Waals surface area contributed by atoms with Gasteiger partial charge in [0, 0.05) is 18.0 Å². The van der Waals surface area contributed by atoms with Crippen LogP contribution in [0, 0.1) is 5.92 Å². The average Bonchev–Trinajstić information content (AvgIpc) is 2.37. The Morgan fingerprint density at radius 3 is 2.35 bits per heavy atom. The number of carboxylic acids is 1. The maximum atomic E-state index is 12.1. The lowest BCUT2D eigenvalue weighted by Crippen LogP contribution is -2.35. The van der Waals surface area contributed by atoms with E-state index in [2.05, 4.69) is 0 Å². The van der Waals surface area contributed by atoms with E-state index in [1.165, 1.54) is 4.90 Å². The number of benzene rings is 1. The Hall–Kier alpha value is -1.55. The summed E-state index contributed by atoms with van der Waals surface area (Å²) in [6.45, 7) is 4.09. The van der Waals surface area contributed by atoms with Gasteiger partial charge in [-0.2, -0.15) is 0 Å². The molecule has 0 bridgehead atoms. The highest BCUT2D eigenvalue weighted by Crippen LogP contribution is 2.13. The minimum absolute atomic E-state index is 0.129. The Morgan fingerprint density at radius 1 is 1.25 bits per heavy atom. The first-order valence-corrected chi connectivity index (χ1v) is 7.00. The molecule has 4 nitrogen and oxygen atoms in total. The summed E-state index contributed by atoms with van der Waals surface area (Å²) in [5.74, 6) is -0.714. The van der Waals surface area contributed by atoms with Gasteiger partial charge in [-0.1, -0.05) is 37.6 Å². The van der Waals surface area contributed by atoms with Crippen molar-refractivity contribution in [2.24, 2.45) is 5.92 Å². The molecule has 1 amide bonds. The van der Waals surface area contributed by atoms with Crippen LogP contribution >= 0.6 is 11.6 Å². The van der Waals surface area contributed by atoms with Gasteiger partial charge in [0.25, 0.3) is 0 Å². The second-order valence-electron chi connectivity index (χ2n) is 5.20. The highest BCUT2D eigenvalue weighted by atomic mass is 35.5. The molecule has 0 radical (unpaired) electrons. The van der Waals surface area contributed by atoms with Crippen molar-refractivity contribution >= 4 is 23.5 Å². The molecule has 0 aliphatic rings. The van der Waals surface area contributed by atoms with Crippen molar-refractivity contribution in [1.29, 1.82) is 0 Å². The van der Waals surface area contributed by atoms with Gasteiger partial charge in [0.2, 0.25) is 5.91 Å². The van der Waals surface area contributed by atoms with Crippen LogP contribution in [0.4, 0.5) is 0 Å². The molecular weight excluding hydrogens is 278 g/mol. The number of hydrogen-bond donors (Lipinski definition) is 1. The van der Waals surface area contributed by atoms with E-state index in [0.29, 0.717) is 23.9 Å². The van der Waals surface area contributed by atoms with Crippen LogP contribution in [0.15, 0.2) is 24.3 Å². The van der Waals surface area contributed by atoms with Crippen LogP contribution in [0.2, 0.25) is 5.02 Å². The van der Waals surface area contributed by atoms with Gasteiger partial charge in [-0.25, -0.2) is 0 Å². The molecule has 1 rings (SSSR count). The van der Waals surface area contributed by atoms with Gasteiger partial charge < -0.3 is 10.0 Å². The van der Waals surface area contributed by atoms with Crippen LogP contribution in [0.3, 0.4) is 0 Å². The molecule has 1 aromatic carbocycles. The van der Waals surface area contributed by atoms with Crippen LogP contribution in [-0.4, -0.2) is 28.4 Å². The molecule has 0 saturated carbocycles. The molecule has 0 aliphatic heterocycles. The molecule has 0 aromatic heterocycles. The minimum Gasteiger partial charge on any atom is -0.480 e. The molecule has 0 unspecified atom stereocenters. The number of carbonyl (C=O) groups is 2. The number of aliphatic carboxylic acids is 1. The van der Waals surface area contributed by atoms with Gasteiger partial charge in [-0.15, -0.1) is 0 Å². The molecule has 0 fully saturated rings. The first kappa shape index (κ1) is 16.5. The molecule has 110 valence electrons. The molecule has 5 heteroatoms. The van der Waals surface area contributed by atoms with Crippen molar-refractivity contribution in [3.05, 3.63) is 34.9 Å². The van der Waals surface area contributed by atoms with E-state index in [1.54, 1.807) is 24.3 Å². The van der Waals surface area contributed by atoms with E-state index in [1.807, 2.05) is 13.8 Å². The number of nitrogens with zero attached hydrogens (tertiary/aromatic N) is 1. The Balaban J connectivity index is 2.70. The monoisotopic (exact) mass is 297 g/mol. The Morgan fingerprint density at radius 2 is 1.85 bits per heavy atom. The van der Waals surface area contributed by atoms with Crippen molar-refractivity contribution in [2.45, 2.75) is 33.2 Å². The molecule has 0 spiro atoms. The molecule has 1 aromatic rings. The minimum atomic E-state index is -1.00. The summed E-state index contributed by atoms with van der Waals surface area (Å²) in [5.41, 5.74) is 0.869. The van der Waals surface area contributed by atoms with Crippen LogP contribution in [-0.2, 0) is 16.1 Å². The Kier molecular flexibility index (Phi) is 6.52. The highest BCUT2D eigenvalue weighted by molar-refractivity contribution is 6.30. The van der Waals surface area contributed by atoms with Gasteiger partial charge in [0.05, 0.1) is 0 Å². The number of rotatable bonds is 7. The molecule has 0 atom stereocenters. The average molecular weight is 298 g/mol. The molecule has 20 heavy (non-hydrogen) atoms. The summed E-state index contributed by atoms with van der Waals surface area (Å²) in [7, 11) is 0. The lowest BCUT2D eigenvalue weighted by molar-refractivity contribution is -0.145. The maximum absolute atomic E-state index is 12.1. The Bertz CT molecular complexity index is 457. The summed E-state index contributed by atoms with van der Waals surface area (Å²) in [4.78, 5) is 24.3. The van der Waals surface area contributed by atoms with E-state index in [4.69, 9.17) is 16.7 Å². The number of hydrogen-bond acceptors (Lipinski definition) is 2. The molecule has 0 heterocycles. The molecule has 0 saturated heterocycles. The summed E-state index contributed by atoms with van der Waals surface area (Å²) in [5, 5.41) is 9.53. The van der Waals surface area contributed by atoms with Crippen molar-refractivity contribution < 1.29 is 14.7 Å². The van der Waals surface area contributed by atoms with Crippen LogP contribution in [0.1, 0.15) is 32.3 Å². The predicted molar refractivity (Wildman–Crippen MR) is 78.6 cm³/mol. The van der Waals surface area contributed by atoms with Gasteiger partial charge >= 0.3 is 5.97 Å². The fourth-order valence-corrected chi connectivity index (χ4v) is 1.90. The van der Waals surface area contributed by atoms with Crippen molar-refractivity contribution in [1.82, 2.24) is 4.90 Å². The quantitative estimate of drug-likeness (QED) is 0.841. The SMILES string of the molecule is CC(C)CCC(=O)N(CC(=O)O)Cc1ccc(Cl)cc1. The van der Waals surface area contributed by atoms with Crippen molar-refractivity contribution in [3.8, 4) is 0 Å². The maximum Gasteiger partial charge on any atom is 0.323 e. The summed E-state index contributed by atoms with van der Waals surface area (Å²) in [6, 6.07) is 7.06. The smallest absolute Gasteiger partial charge is 0.323 e. The standard InChI is InChI=1S/C15H20ClNO3/c1-11(2)3-8-14(18)17(10-15(19)20)9-12-4-6-13(16)7-5-12/h4-7,11H,3,8-10H2,1-2H3,(H,19,20). The lowest BCUT2D eigenvalue weighted by Gasteiger charge is -2.21. The third-order valence-corrected chi connectivity index (χ3v) is 3.15. The molecular formula is C15H20ClNO3. The zero-order valence-electron chi connectivity index (χ0n) is 11.8. The number of carboxylic acid groups (broad SMARTS) is 1. The topological polar surface area (TPSA) is 57.6 Å². The van der Waals surface area contributed by atoms with E-state index in [0.717, 1.165) is 12.0 Å². The fourth-order valence-electron chi connectivity index (χ4n) is 1.78. The van der Waals surface area contributed by atoms with Crippen LogP contribution < -0.4 is 0 Å². The van der Waals surface area contributed by atoms with E-state index in [-0.39, 0.29) is 12.5 Å².